The first kappa shape index (κ1) is 12.8. The van der Waals surface area contributed by atoms with Crippen molar-refractivity contribution in [2.75, 3.05) is 6.61 Å². The normalized spacial score (nSPS) is 12.3. The summed E-state index contributed by atoms with van der Waals surface area (Å²) in [5.41, 5.74) is 0. The Morgan fingerprint density at radius 3 is 3.00 bits per heavy atom. The summed E-state index contributed by atoms with van der Waals surface area (Å²) in [6.45, 7) is 4.19. The second-order valence-electron chi connectivity index (χ2n) is 3.81. The Balaban J connectivity index is 2.32. The smallest absolute Gasteiger partial charge is 0.329 e. The molecule has 1 atom stereocenters. The van der Waals surface area contributed by atoms with Gasteiger partial charge in [-0.15, -0.1) is 11.3 Å². The number of carbonyl (C=O) groups is 1. The molecule has 0 aliphatic carbocycles. The summed E-state index contributed by atoms with van der Waals surface area (Å²) in [5, 5.41) is 2.00. The maximum atomic E-state index is 11.9. The van der Waals surface area contributed by atoms with E-state index in [2.05, 4.69) is 4.98 Å². The van der Waals surface area contributed by atoms with Gasteiger partial charge in [0.2, 0.25) is 0 Å². The van der Waals surface area contributed by atoms with E-state index in [4.69, 9.17) is 4.74 Å². The van der Waals surface area contributed by atoms with E-state index in [1.807, 2.05) is 42.1 Å². The number of hydrogen-bond donors (Lipinski definition) is 0. The highest BCUT2D eigenvalue weighted by Crippen LogP contribution is 2.27. The van der Waals surface area contributed by atoms with Crippen molar-refractivity contribution < 1.29 is 9.53 Å². The molecular formula is C13H16N2O2S. The highest BCUT2D eigenvalue weighted by atomic mass is 32.1. The minimum atomic E-state index is -0.301. The standard InChI is InChI=1S/C13H16N2O2S/c1-3-10(13(16)17-4-2)15-8-7-14-12(15)11-6-5-9-18-11/h5-10H,3-4H2,1-2H3. The minimum absolute atomic E-state index is 0.198. The molecule has 1 unspecified atom stereocenters. The molecule has 4 nitrogen and oxygen atoms in total. The lowest BCUT2D eigenvalue weighted by molar-refractivity contribution is -0.147. The van der Waals surface area contributed by atoms with Crippen LogP contribution in [0.1, 0.15) is 26.3 Å². The van der Waals surface area contributed by atoms with Crippen molar-refractivity contribution in [2.45, 2.75) is 26.3 Å². The second kappa shape index (κ2) is 5.82. The van der Waals surface area contributed by atoms with Gasteiger partial charge >= 0.3 is 5.97 Å². The average Bonchev–Trinajstić information content (AvgIpc) is 2.99. The molecule has 0 aromatic carbocycles. The van der Waals surface area contributed by atoms with Crippen LogP contribution in [0.25, 0.3) is 10.7 Å². The Kier molecular flexibility index (Phi) is 4.15. The summed E-state index contributed by atoms with van der Waals surface area (Å²) in [6.07, 6.45) is 4.24. The fourth-order valence-electron chi connectivity index (χ4n) is 1.88. The average molecular weight is 264 g/mol. The first-order valence-corrected chi connectivity index (χ1v) is 6.89. The van der Waals surface area contributed by atoms with Gasteiger partial charge < -0.3 is 9.30 Å². The van der Waals surface area contributed by atoms with Crippen molar-refractivity contribution in [3.8, 4) is 10.7 Å². The molecule has 0 N–H and O–H groups in total. The van der Waals surface area contributed by atoms with Crippen LogP contribution in [0.3, 0.4) is 0 Å². The number of esters is 1. The van der Waals surface area contributed by atoms with Crippen molar-refractivity contribution in [3.63, 3.8) is 0 Å². The summed E-state index contributed by atoms with van der Waals surface area (Å²) in [5.74, 6) is 0.626. The first-order chi connectivity index (χ1) is 8.77. The lowest BCUT2D eigenvalue weighted by Crippen LogP contribution is -2.21. The predicted molar refractivity (Wildman–Crippen MR) is 71.5 cm³/mol. The maximum absolute atomic E-state index is 11.9. The number of nitrogens with zero attached hydrogens (tertiary/aromatic N) is 2. The van der Waals surface area contributed by atoms with Gasteiger partial charge in [-0.05, 0) is 24.8 Å². The zero-order valence-corrected chi connectivity index (χ0v) is 11.3. The molecular weight excluding hydrogens is 248 g/mol. The van der Waals surface area contributed by atoms with Crippen LogP contribution in [-0.4, -0.2) is 22.1 Å². The number of rotatable bonds is 5. The molecule has 2 heterocycles. The van der Waals surface area contributed by atoms with Gasteiger partial charge in [-0.3, -0.25) is 0 Å². The Labute approximate surface area is 110 Å². The van der Waals surface area contributed by atoms with E-state index in [0.717, 1.165) is 10.7 Å². The third-order valence-electron chi connectivity index (χ3n) is 2.69. The molecule has 2 aromatic heterocycles. The lowest BCUT2D eigenvalue weighted by Gasteiger charge is -2.17. The van der Waals surface area contributed by atoms with Gasteiger partial charge in [-0.2, -0.15) is 0 Å². The van der Waals surface area contributed by atoms with E-state index in [0.29, 0.717) is 13.0 Å². The highest BCUT2D eigenvalue weighted by Gasteiger charge is 2.22. The van der Waals surface area contributed by atoms with Crippen LogP contribution in [0.5, 0.6) is 0 Å². The minimum Gasteiger partial charge on any atom is -0.464 e. The topological polar surface area (TPSA) is 44.1 Å². The fourth-order valence-corrected chi connectivity index (χ4v) is 2.60. The van der Waals surface area contributed by atoms with E-state index in [9.17, 15) is 4.79 Å². The molecule has 0 bridgehead atoms. The maximum Gasteiger partial charge on any atom is 0.329 e. The molecule has 0 fully saturated rings. The molecule has 0 saturated carbocycles. The zero-order valence-electron chi connectivity index (χ0n) is 10.5. The van der Waals surface area contributed by atoms with Crippen molar-refractivity contribution in [1.29, 1.82) is 0 Å². The molecule has 0 saturated heterocycles. The molecule has 0 spiro atoms. The molecule has 0 aliphatic rings. The van der Waals surface area contributed by atoms with Crippen molar-refractivity contribution >= 4 is 17.3 Å². The van der Waals surface area contributed by atoms with Crippen LogP contribution in [0, 0.1) is 0 Å². The van der Waals surface area contributed by atoms with Gasteiger partial charge in [0.15, 0.2) is 5.82 Å². The van der Waals surface area contributed by atoms with Crippen LogP contribution >= 0.6 is 11.3 Å². The molecule has 2 rings (SSSR count). The highest BCUT2D eigenvalue weighted by molar-refractivity contribution is 7.13. The number of ether oxygens (including phenoxy) is 1. The van der Waals surface area contributed by atoms with Gasteiger partial charge in [0.05, 0.1) is 11.5 Å². The summed E-state index contributed by atoms with van der Waals surface area (Å²) < 4.78 is 7.00. The Hall–Kier alpha value is -1.62. The number of imidazole rings is 1. The molecule has 96 valence electrons. The molecule has 5 heteroatoms. The number of hydrogen-bond acceptors (Lipinski definition) is 4. The monoisotopic (exact) mass is 264 g/mol. The van der Waals surface area contributed by atoms with Crippen LogP contribution in [-0.2, 0) is 9.53 Å². The first-order valence-electron chi connectivity index (χ1n) is 6.01. The van der Waals surface area contributed by atoms with Crippen molar-refractivity contribution in [3.05, 3.63) is 29.9 Å². The quantitative estimate of drug-likeness (QED) is 0.779. The summed E-state index contributed by atoms with van der Waals surface area (Å²) in [7, 11) is 0. The fraction of sp³-hybridized carbons (Fsp3) is 0.385. The molecule has 2 aromatic rings. The van der Waals surface area contributed by atoms with Crippen molar-refractivity contribution in [2.24, 2.45) is 0 Å². The van der Waals surface area contributed by atoms with E-state index in [1.165, 1.54) is 0 Å². The van der Waals surface area contributed by atoms with Crippen LogP contribution in [0.4, 0.5) is 0 Å². The SMILES string of the molecule is CCOC(=O)C(CC)n1ccnc1-c1cccs1. The van der Waals surface area contributed by atoms with Gasteiger partial charge in [0, 0.05) is 12.4 Å². The number of carbonyl (C=O) groups excluding carboxylic acids is 1. The summed E-state index contributed by atoms with van der Waals surface area (Å²) >= 11 is 1.61. The second-order valence-corrected chi connectivity index (χ2v) is 4.76. The predicted octanol–water partition coefficient (Wildman–Crippen LogP) is 3.13. The third kappa shape index (κ3) is 2.46. The van der Waals surface area contributed by atoms with Crippen LogP contribution < -0.4 is 0 Å². The van der Waals surface area contributed by atoms with Crippen LogP contribution in [0.2, 0.25) is 0 Å². The Morgan fingerprint density at radius 1 is 1.56 bits per heavy atom. The van der Waals surface area contributed by atoms with E-state index in [-0.39, 0.29) is 12.0 Å². The third-order valence-corrected chi connectivity index (χ3v) is 3.56. The number of thiophene rings is 1. The van der Waals surface area contributed by atoms with Gasteiger partial charge in [0.1, 0.15) is 6.04 Å². The van der Waals surface area contributed by atoms with Gasteiger partial charge in [0.25, 0.3) is 0 Å². The molecule has 18 heavy (non-hydrogen) atoms. The lowest BCUT2D eigenvalue weighted by atomic mass is 10.2. The van der Waals surface area contributed by atoms with Gasteiger partial charge in [-0.25, -0.2) is 9.78 Å². The Morgan fingerprint density at radius 2 is 2.39 bits per heavy atom. The Bertz CT molecular complexity index is 505. The molecule has 0 radical (unpaired) electrons. The van der Waals surface area contributed by atoms with Gasteiger partial charge in [-0.1, -0.05) is 13.0 Å². The molecule has 0 aliphatic heterocycles. The van der Waals surface area contributed by atoms with Crippen molar-refractivity contribution in [1.82, 2.24) is 9.55 Å². The van der Waals surface area contributed by atoms with E-state index < -0.39 is 0 Å². The zero-order chi connectivity index (χ0) is 13.0. The van der Waals surface area contributed by atoms with Crippen LogP contribution in [0.15, 0.2) is 29.9 Å². The largest absolute Gasteiger partial charge is 0.464 e. The summed E-state index contributed by atoms with van der Waals surface area (Å²) in [6, 6.07) is 3.68. The summed E-state index contributed by atoms with van der Waals surface area (Å²) in [4.78, 5) is 17.3. The number of aromatic nitrogens is 2. The van der Waals surface area contributed by atoms with E-state index in [1.54, 1.807) is 17.5 Å². The molecule has 0 amide bonds. The van der Waals surface area contributed by atoms with E-state index >= 15 is 0 Å².